The number of hydrogen-bond donors (Lipinski definition) is 2. The molecule has 0 aromatic heterocycles. The largest absolute Gasteiger partial charge is 0.506 e. The van der Waals surface area contributed by atoms with Crippen molar-refractivity contribution in [3.05, 3.63) is 45.9 Å². The highest BCUT2D eigenvalue weighted by atomic mass is 35.5. The molecule has 2 aromatic rings. The Bertz CT molecular complexity index is 661. The molecule has 20 heavy (non-hydrogen) atoms. The number of hydrogen-bond acceptors (Lipinski definition) is 4. The molecule has 2 N–H and O–H groups in total. The van der Waals surface area contributed by atoms with Gasteiger partial charge in [-0.25, -0.2) is 0 Å². The third-order valence-electron chi connectivity index (χ3n) is 3.00. The lowest BCUT2D eigenvalue weighted by Gasteiger charge is -2.11. The molecule has 0 spiro atoms. The van der Waals surface area contributed by atoms with Crippen LogP contribution in [0.5, 0.6) is 17.2 Å². The van der Waals surface area contributed by atoms with Gasteiger partial charge in [-0.15, -0.1) is 0 Å². The predicted octanol–water partition coefficient (Wildman–Crippen LogP) is 4.04. The first-order valence-electron chi connectivity index (χ1n) is 5.94. The smallest absolute Gasteiger partial charge is 0.231 e. The highest BCUT2D eigenvalue weighted by Crippen LogP contribution is 2.39. The minimum Gasteiger partial charge on any atom is -0.506 e. The van der Waals surface area contributed by atoms with Gasteiger partial charge in [-0.05, 0) is 6.07 Å². The number of fused-ring (bicyclic) bond motifs is 1. The van der Waals surface area contributed by atoms with E-state index in [0.29, 0.717) is 39.3 Å². The molecule has 0 radical (unpaired) electrons. The van der Waals surface area contributed by atoms with E-state index in [4.69, 9.17) is 32.7 Å². The molecule has 0 atom stereocenters. The van der Waals surface area contributed by atoms with Crippen LogP contribution < -0.4 is 14.8 Å². The van der Waals surface area contributed by atoms with Gasteiger partial charge in [0.05, 0.1) is 15.7 Å². The number of para-hydroxylation sites is 1. The van der Waals surface area contributed by atoms with E-state index in [2.05, 4.69) is 5.32 Å². The molecule has 0 unspecified atom stereocenters. The van der Waals surface area contributed by atoms with Crippen molar-refractivity contribution in [3.8, 4) is 17.2 Å². The second-order valence-corrected chi connectivity index (χ2v) is 5.10. The van der Waals surface area contributed by atoms with Crippen LogP contribution in [0.2, 0.25) is 10.0 Å². The molecule has 104 valence electrons. The fourth-order valence-corrected chi connectivity index (χ4v) is 2.36. The second-order valence-electron chi connectivity index (χ2n) is 4.29. The van der Waals surface area contributed by atoms with Crippen LogP contribution in [0.1, 0.15) is 5.56 Å². The fraction of sp³-hybridized carbons (Fsp3) is 0.143. The highest BCUT2D eigenvalue weighted by molar-refractivity contribution is 6.33. The number of phenolic OH excluding ortho intramolecular Hbond substituents is 1. The van der Waals surface area contributed by atoms with E-state index in [1.54, 1.807) is 30.3 Å². The average Bonchev–Trinajstić information content (AvgIpc) is 2.87. The number of rotatable bonds is 3. The number of anilines is 1. The molecule has 0 saturated carbocycles. The third-order valence-corrected chi connectivity index (χ3v) is 3.62. The summed E-state index contributed by atoms with van der Waals surface area (Å²) in [5.74, 6) is 1.34. The van der Waals surface area contributed by atoms with Crippen molar-refractivity contribution in [2.45, 2.75) is 6.54 Å². The number of aromatic hydroxyl groups is 1. The van der Waals surface area contributed by atoms with Crippen molar-refractivity contribution in [1.82, 2.24) is 0 Å². The summed E-state index contributed by atoms with van der Waals surface area (Å²) in [5.41, 5.74) is 1.39. The van der Waals surface area contributed by atoms with Gasteiger partial charge in [-0.2, -0.15) is 0 Å². The molecule has 0 amide bonds. The van der Waals surface area contributed by atoms with E-state index in [9.17, 15) is 5.11 Å². The van der Waals surface area contributed by atoms with Crippen LogP contribution in [0.25, 0.3) is 0 Å². The van der Waals surface area contributed by atoms with E-state index >= 15 is 0 Å². The van der Waals surface area contributed by atoms with Gasteiger partial charge in [0.25, 0.3) is 0 Å². The molecule has 3 rings (SSSR count). The Hall–Kier alpha value is -1.78. The predicted molar refractivity (Wildman–Crippen MR) is 78.0 cm³/mol. The van der Waals surface area contributed by atoms with Gasteiger partial charge < -0.3 is 19.9 Å². The fourth-order valence-electron chi connectivity index (χ4n) is 1.95. The van der Waals surface area contributed by atoms with Crippen LogP contribution in [0.15, 0.2) is 30.3 Å². The van der Waals surface area contributed by atoms with E-state index in [-0.39, 0.29) is 12.5 Å². The van der Waals surface area contributed by atoms with Gasteiger partial charge in [-0.1, -0.05) is 35.3 Å². The molecule has 4 nitrogen and oxygen atoms in total. The number of benzene rings is 2. The number of ether oxygens (including phenoxy) is 2. The van der Waals surface area contributed by atoms with E-state index in [1.165, 1.54) is 0 Å². The molecule has 1 heterocycles. The maximum Gasteiger partial charge on any atom is 0.231 e. The quantitative estimate of drug-likeness (QED) is 0.898. The van der Waals surface area contributed by atoms with Crippen molar-refractivity contribution in [1.29, 1.82) is 0 Å². The van der Waals surface area contributed by atoms with E-state index < -0.39 is 0 Å². The maximum absolute atomic E-state index is 9.85. The number of phenols is 1. The van der Waals surface area contributed by atoms with Crippen LogP contribution in [0, 0.1) is 0 Å². The minimum absolute atomic E-state index is 0.0681. The Morgan fingerprint density at radius 3 is 2.65 bits per heavy atom. The molecule has 6 heteroatoms. The number of nitrogens with one attached hydrogen (secondary N) is 1. The van der Waals surface area contributed by atoms with Crippen molar-refractivity contribution < 1.29 is 14.6 Å². The summed E-state index contributed by atoms with van der Waals surface area (Å²) in [6, 6.07) is 8.67. The van der Waals surface area contributed by atoms with Gasteiger partial charge in [0.2, 0.25) is 6.79 Å². The zero-order valence-electron chi connectivity index (χ0n) is 10.3. The Kier molecular flexibility index (Phi) is 3.51. The molecule has 2 aromatic carbocycles. The summed E-state index contributed by atoms with van der Waals surface area (Å²) >= 11 is 12.0. The Morgan fingerprint density at radius 1 is 1.10 bits per heavy atom. The molecular formula is C14H11Cl2NO3. The first-order chi connectivity index (χ1) is 9.65. The first kappa shape index (κ1) is 13.2. The second kappa shape index (κ2) is 5.31. The number of halogens is 2. The van der Waals surface area contributed by atoms with Crippen molar-refractivity contribution in [2.75, 3.05) is 12.1 Å². The molecule has 0 fully saturated rings. The van der Waals surface area contributed by atoms with Crippen LogP contribution in [0.4, 0.5) is 5.69 Å². The summed E-state index contributed by atoms with van der Waals surface area (Å²) in [6.07, 6.45) is 0. The van der Waals surface area contributed by atoms with Crippen LogP contribution >= 0.6 is 23.2 Å². The van der Waals surface area contributed by atoms with Gasteiger partial charge in [0, 0.05) is 24.2 Å². The van der Waals surface area contributed by atoms with Gasteiger partial charge in [0.15, 0.2) is 11.5 Å². The molecule has 0 aliphatic carbocycles. The lowest BCUT2D eigenvalue weighted by atomic mass is 10.2. The van der Waals surface area contributed by atoms with E-state index in [1.807, 2.05) is 0 Å². The maximum atomic E-state index is 9.85. The molecule has 1 aliphatic rings. The van der Waals surface area contributed by atoms with Crippen molar-refractivity contribution in [2.24, 2.45) is 0 Å². The Balaban J connectivity index is 1.80. The summed E-state index contributed by atoms with van der Waals surface area (Å²) < 4.78 is 10.5. The van der Waals surface area contributed by atoms with Gasteiger partial charge >= 0.3 is 0 Å². The molecule has 0 saturated heterocycles. The minimum atomic E-state index is 0.0681. The van der Waals surface area contributed by atoms with Crippen LogP contribution in [-0.4, -0.2) is 11.9 Å². The zero-order chi connectivity index (χ0) is 14.1. The van der Waals surface area contributed by atoms with Crippen molar-refractivity contribution in [3.63, 3.8) is 0 Å². The third kappa shape index (κ3) is 2.44. The summed E-state index contributed by atoms with van der Waals surface area (Å²) in [5, 5.41) is 13.8. The van der Waals surface area contributed by atoms with Gasteiger partial charge in [-0.3, -0.25) is 0 Å². The highest BCUT2D eigenvalue weighted by Gasteiger charge is 2.16. The molecule has 1 aliphatic heterocycles. The SMILES string of the molecule is Oc1c(Cl)cccc1CNc1cc2c(cc1Cl)OCO2. The van der Waals surface area contributed by atoms with Crippen molar-refractivity contribution >= 4 is 28.9 Å². The molecular weight excluding hydrogens is 301 g/mol. The zero-order valence-corrected chi connectivity index (χ0v) is 11.8. The van der Waals surface area contributed by atoms with Crippen LogP contribution in [0.3, 0.4) is 0 Å². The standard InChI is InChI=1S/C14H11Cl2NO3/c15-9-3-1-2-8(14(9)18)6-17-11-5-13-12(4-10(11)16)19-7-20-13/h1-5,17-18H,6-7H2. The van der Waals surface area contributed by atoms with Gasteiger partial charge in [0.1, 0.15) is 5.75 Å². The van der Waals surface area contributed by atoms with Crippen LogP contribution in [-0.2, 0) is 6.54 Å². The summed E-state index contributed by atoms with van der Waals surface area (Å²) in [4.78, 5) is 0. The normalized spacial score (nSPS) is 12.5. The lowest BCUT2D eigenvalue weighted by Crippen LogP contribution is -2.00. The lowest BCUT2D eigenvalue weighted by molar-refractivity contribution is 0.174. The molecule has 0 bridgehead atoms. The van der Waals surface area contributed by atoms with E-state index in [0.717, 1.165) is 0 Å². The summed E-state index contributed by atoms with van der Waals surface area (Å²) in [6.45, 7) is 0.593. The Morgan fingerprint density at radius 2 is 1.85 bits per heavy atom. The average molecular weight is 312 g/mol. The topological polar surface area (TPSA) is 50.7 Å². The summed E-state index contributed by atoms with van der Waals surface area (Å²) in [7, 11) is 0. The first-order valence-corrected chi connectivity index (χ1v) is 6.70. The Labute approximate surface area is 125 Å². The monoisotopic (exact) mass is 311 g/mol.